The van der Waals surface area contributed by atoms with Gasteiger partial charge in [-0.3, -0.25) is 0 Å². The Morgan fingerprint density at radius 1 is 0.600 bits per heavy atom. The maximum atomic E-state index is 2.73. The van der Waals surface area contributed by atoms with Crippen LogP contribution in [0.25, 0.3) is 0 Å². The number of rotatable bonds is 10. The molecule has 0 aliphatic carbocycles. The van der Waals surface area contributed by atoms with Gasteiger partial charge in [0.1, 0.15) is 0 Å². The van der Waals surface area contributed by atoms with Crippen molar-refractivity contribution >= 4 is 18.4 Å². The number of hydrogen-bond acceptors (Lipinski definition) is 0. The Morgan fingerprint density at radius 3 is 1.40 bits per heavy atom. The molecule has 1 heteroatoms. The van der Waals surface area contributed by atoms with Crippen LogP contribution in [0, 0.1) is 0 Å². The Bertz CT molecular complexity index is 123. The van der Waals surface area contributed by atoms with Gasteiger partial charge in [0.25, 0.3) is 0 Å². The topological polar surface area (TPSA) is 0 Å². The van der Waals surface area contributed by atoms with Crippen LogP contribution in [-0.2, 0) is 0 Å². The number of hydrogen-bond donors (Lipinski definition) is 0. The fraction of sp³-hybridized carbons (Fsp3) is 1.00. The van der Waals surface area contributed by atoms with E-state index in [1.165, 1.54) is 44.9 Å². The van der Waals surface area contributed by atoms with Crippen LogP contribution in [0.5, 0.6) is 0 Å². The van der Waals surface area contributed by atoms with E-state index in [1.54, 1.807) is 13.3 Å². The Morgan fingerprint density at radius 2 is 1.00 bits per heavy atom. The summed E-state index contributed by atoms with van der Waals surface area (Å²) < 4.78 is 4.99. The van der Waals surface area contributed by atoms with Gasteiger partial charge in [-0.15, -0.1) is 0 Å². The van der Waals surface area contributed by atoms with Gasteiger partial charge in [-0.05, 0) is 0 Å². The first-order valence-corrected chi connectivity index (χ1v) is 16.1. The number of unbranched alkanes of at least 4 members (excludes halogenated alkanes) is 4. The van der Waals surface area contributed by atoms with Crippen molar-refractivity contribution < 1.29 is 0 Å². The zero-order valence-corrected chi connectivity index (χ0v) is 14.4. The molecule has 0 saturated carbocycles. The molecule has 0 aromatic heterocycles. The van der Waals surface area contributed by atoms with Crippen LogP contribution >= 0.6 is 0 Å². The van der Waals surface area contributed by atoms with Crippen LogP contribution in [-0.4, -0.2) is 18.4 Å². The molecule has 0 radical (unpaired) electrons. The van der Waals surface area contributed by atoms with E-state index in [9.17, 15) is 0 Å². The molecule has 0 amide bonds. The summed E-state index contributed by atoms with van der Waals surface area (Å²) in [5, 5.41) is 0. The normalized spacial score (nSPS) is 12.0. The molecule has 0 aromatic rings. The molecule has 0 fully saturated rings. The average Bonchev–Trinajstić information content (AvgIpc) is 2.24. The van der Waals surface area contributed by atoms with Crippen molar-refractivity contribution in [3.63, 3.8) is 0 Å². The molecular formula is C14H32Sn. The van der Waals surface area contributed by atoms with E-state index >= 15 is 0 Å². The van der Waals surface area contributed by atoms with Crippen molar-refractivity contribution in [1.29, 1.82) is 0 Å². The first-order valence-electron chi connectivity index (χ1n) is 7.18. The van der Waals surface area contributed by atoms with Crippen molar-refractivity contribution in [2.45, 2.75) is 84.0 Å². The van der Waals surface area contributed by atoms with E-state index in [0.29, 0.717) is 0 Å². The van der Waals surface area contributed by atoms with Crippen LogP contribution in [0.3, 0.4) is 0 Å². The third-order valence-electron chi connectivity index (χ3n) is 3.65. The molecule has 0 atom stereocenters. The maximum absolute atomic E-state index is 2.73. The molecule has 0 rings (SSSR count). The fourth-order valence-electron chi connectivity index (χ4n) is 2.38. The molecule has 92 valence electrons. The molecule has 0 aliphatic heterocycles. The molecule has 0 spiro atoms. The van der Waals surface area contributed by atoms with Gasteiger partial charge in [-0.1, -0.05) is 0 Å². The second-order valence-electron chi connectivity index (χ2n) is 5.47. The van der Waals surface area contributed by atoms with Gasteiger partial charge < -0.3 is 0 Å². The summed E-state index contributed by atoms with van der Waals surface area (Å²) in [6, 6.07) is 0. The molecule has 0 aliphatic rings. The first-order chi connectivity index (χ1) is 7.18. The molecule has 0 bridgehead atoms. The van der Waals surface area contributed by atoms with Crippen molar-refractivity contribution in [3.8, 4) is 0 Å². The molecule has 0 unspecified atom stereocenters. The summed E-state index contributed by atoms with van der Waals surface area (Å²) in [6.07, 6.45) is 10.3. The summed E-state index contributed by atoms with van der Waals surface area (Å²) in [5.41, 5.74) is 0. The minimum atomic E-state index is -1.59. The van der Waals surface area contributed by atoms with Gasteiger partial charge in [0.2, 0.25) is 0 Å². The second kappa shape index (κ2) is 9.99. The predicted octanol–water partition coefficient (Wildman–Crippen LogP) is 5.86. The third kappa shape index (κ3) is 8.59. The first kappa shape index (κ1) is 15.8. The molecule has 15 heavy (non-hydrogen) atoms. The Kier molecular flexibility index (Phi) is 10.5. The Labute approximate surface area is 102 Å². The fourth-order valence-corrected chi connectivity index (χ4v) is 14.6. The summed E-state index contributed by atoms with van der Waals surface area (Å²) in [5.74, 6) is 0. The predicted molar refractivity (Wildman–Crippen MR) is 75.4 cm³/mol. The monoisotopic (exact) mass is 320 g/mol. The summed E-state index contributed by atoms with van der Waals surface area (Å²) in [7, 11) is 0. The zero-order chi connectivity index (χ0) is 11.6. The van der Waals surface area contributed by atoms with Gasteiger partial charge in [0, 0.05) is 0 Å². The van der Waals surface area contributed by atoms with Crippen LogP contribution < -0.4 is 0 Å². The van der Waals surface area contributed by atoms with Crippen LogP contribution in [0.2, 0.25) is 18.2 Å². The average molecular weight is 319 g/mol. The molecule has 0 nitrogen and oxygen atoms in total. The van der Waals surface area contributed by atoms with E-state index in [-0.39, 0.29) is 0 Å². The zero-order valence-electron chi connectivity index (χ0n) is 11.6. The van der Waals surface area contributed by atoms with E-state index in [0.717, 1.165) is 0 Å². The molecule has 0 heterocycles. The molecule has 0 saturated heterocycles. The molecular weight excluding hydrogens is 287 g/mol. The van der Waals surface area contributed by atoms with Crippen molar-refractivity contribution in [2.75, 3.05) is 0 Å². The van der Waals surface area contributed by atoms with E-state index < -0.39 is 18.4 Å². The van der Waals surface area contributed by atoms with Crippen LogP contribution in [0.15, 0.2) is 0 Å². The molecule has 0 N–H and O–H groups in total. The van der Waals surface area contributed by atoms with Gasteiger partial charge in [0.05, 0.1) is 0 Å². The van der Waals surface area contributed by atoms with Crippen molar-refractivity contribution in [1.82, 2.24) is 0 Å². The van der Waals surface area contributed by atoms with Gasteiger partial charge in [0.15, 0.2) is 0 Å². The van der Waals surface area contributed by atoms with E-state index in [1.807, 2.05) is 0 Å². The Hall–Kier alpha value is 0.799. The van der Waals surface area contributed by atoms with Gasteiger partial charge in [-0.25, -0.2) is 0 Å². The van der Waals surface area contributed by atoms with Crippen LogP contribution in [0.1, 0.15) is 65.7 Å². The van der Waals surface area contributed by atoms with Crippen LogP contribution in [0.4, 0.5) is 0 Å². The standard InChI is InChI=1S/C5H11.2C4H9.CH3.Sn/c1-3-5-4-2;2*1-3-4-2;;/h1,3-5H2,2H3;2*1,3-4H2,2H3;1H3;. The van der Waals surface area contributed by atoms with Crippen molar-refractivity contribution in [2.24, 2.45) is 0 Å². The SMILES string of the molecule is CCCC[CH2][Sn]([CH3])([CH2]CCC)[CH2]CCC. The Balaban J connectivity index is 3.89. The third-order valence-corrected chi connectivity index (χ3v) is 17.0. The molecule has 0 aromatic carbocycles. The van der Waals surface area contributed by atoms with Gasteiger partial charge in [-0.2, -0.15) is 0 Å². The quantitative estimate of drug-likeness (QED) is 0.350. The minimum absolute atomic E-state index is 1.39. The second-order valence-corrected chi connectivity index (χ2v) is 20.1. The van der Waals surface area contributed by atoms with Gasteiger partial charge >= 0.3 is 102 Å². The summed E-state index contributed by atoms with van der Waals surface area (Å²) in [6.45, 7) is 7.02. The van der Waals surface area contributed by atoms with Crippen molar-refractivity contribution in [3.05, 3.63) is 0 Å². The van der Waals surface area contributed by atoms with E-state index in [4.69, 9.17) is 0 Å². The summed E-state index contributed by atoms with van der Waals surface area (Å²) in [4.78, 5) is 2.73. The summed E-state index contributed by atoms with van der Waals surface area (Å²) >= 11 is -1.59. The van der Waals surface area contributed by atoms with E-state index in [2.05, 4.69) is 25.7 Å².